The standard InChI is InChI=1S/C16H19N3OS.ClH/c1-19(2)10-9-18-15(20)12-11-21-16-7-4-3-5-14(16)17-8-6-13(12)16;/h3-8H,9-11H2,1-2H3,(H,18,20);1H. The zero-order chi connectivity index (χ0) is 14.9. The summed E-state index contributed by atoms with van der Waals surface area (Å²) < 4.78 is -0.252. The van der Waals surface area contributed by atoms with Gasteiger partial charge in [-0.15, -0.1) is 24.2 Å². The maximum atomic E-state index is 12.4. The van der Waals surface area contributed by atoms with Gasteiger partial charge < -0.3 is 10.2 Å². The molecule has 118 valence electrons. The van der Waals surface area contributed by atoms with E-state index in [1.54, 1.807) is 18.0 Å². The zero-order valence-corrected chi connectivity index (χ0v) is 14.3. The molecule has 1 amide bonds. The van der Waals surface area contributed by atoms with Crippen LogP contribution in [0.1, 0.15) is 0 Å². The van der Waals surface area contributed by atoms with Crippen LogP contribution in [0.5, 0.6) is 0 Å². The molecule has 6 heteroatoms. The SMILES string of the molecule is CN(C)CCNC(=O)C1=C2C=CN=C3C=CC=CC32SC1.Cl. The lowest BCUT2D eigenvalue weighted by Gasteiger charge is -2.31. The van der Waals surface area contributed by atoms with Gasteiger partial charge in [0.25, 0.3) is 0 Å². The number of amides is 1. The van der Waals surface area contributed by atoms with E-state index in [0.717, 1.165) is 29.2 Å². The summed E-state index contributed by atoms with van der Waals surface area (Å²) in [7, 11) is 4.00. The largest absolute Gasteiger partial charge is 0.351 e. The summed E-state index contributed by atoms with van der Waals surface area (Å²) in [6.07, 6.45) is 12.0. The third-order valence-electron chi connectivity index (χ3n) is 3.82. The molecule has 22 heavy (non-hydrogen) atoms. The number of hydrogen-bond donors (Lipinski definition) is 1. The lowest BCUT2D eigenvalue weighted by atomic mass is 9.85. The molecule has 0 fully saturated rings. The molecule has 1 aliphatic carbocycles. The molecule has 2 heterocycles. The minimum Gasteiger partial charge on any atom is -0.351 e. The molecule has 0 saturated heterocycles. The van der Waals surface area contributed by atoms with Crippen molar-refractivity contribution in [1.29, 1.82) is 0 Å². The Kier molecular flexibility index (Phi) is 5.32. The fourth-order valence-corrected chi connectivity index (χ4v) is 4.15. The first kappa shape index (κ1) is 17.1. The molecule has 1 N–H and O–H groups in total. The van der Waals surface area contributed by atoms with Gasteiger partial charge in [-0.05, 0) is 31.8 Å². The fraction of sp³-hybridized carbons (Fsp3) is 0.375. The van der Waals surface area contributed by atoms with Crippen LogP contribution in [0.15, 0.2) is 52.7 Å². The van der Waals surface area contributed by atoms with E-state index in [-0.39, 0.29) is 23.1 Å². The third-order valence-corrected chi connectivity index (χ3v) is 5.27. The molecule has 1 spiro atoms. The van der Waals surface area contributed by atoms with Crippen molar-refractivity contribution >= 4 is 35.8 Å². The van der Waals surface area contributed by atoms with Gasteiger partial charge in [-0.3, -0.25) is 9.79 Å². The van der Waals surface area contributed by atoms with Crippen LogP contribution in [0.25, 0.3) is 0 Å². The monoisotopic (exact) mass is 337 g/mol. The van der Waals surface area contributed by atoms with E-state index in [9.17, 15) is 4.79 Å². The van der Waals surface area contributed by atoms with Crippen molar-refractivity contribution in [3.63, 3.8) is 0 Å². The highest BCUT2D eigenvalue weighted by molar-refractivity contribution is 8.02. The number of carbonyl (C=O) groups is 1. The van der Waals surface area contributed by atoms with Crippen LogP contribution in [0.4, 0.5) is 0 Å². The Bertz CT molecular complexity index is 619. The summed E-state index contributed by atoms with van der Waals surface area (Å²) in [5, 5.41) is 3.01. The average molecular weight is 338 g/mol. The van der Waals surface area contributed by atoms with Crippen LogP contribution in [0.2, 0.25) is 0 Å². The molecular formula is C16H20ClN3OS. The van der Waals surface area contributed by atoms with E-state index in [1.165, 1.54) is 0 Å². The van der Waals surface area contributed by atoms with Crippen molar-refractivity contribution in [2.75, 3.05) is 32.9 Å². The first-order valence-electron chi connectivity index (χ1n) is 7.05. The van der Waals surface area contributed by atoms with Crippen LogP contribution < -0.4 is 5.32 Å². The number of rotatable bonds is 4. The fourth-order valence-electron chi connectivity index (χ4n) is 2.71. The van der Waals surface area contributed by atoms with E-state index in [2.05, 4.69) is 21.3 Å². The maximum absolute atomic E-state index is 12.4. The van der Waals surface area contributed by atoms with Crippen LogP contribution in [-0.4, -0.2) is 54.2 Å². The number of thioether (sulfide) groups is 1. The van der Waals surface area contributed by atoms with Gasteiger partial charge in [-0.2, -0.15) is 0 Å². The number of hydrogen-bond acceptors (Lipinski definition) is 4. The second-order valence-corrected chi connectivity index (χ2v) is 6.75. The Labute approximate surface area is 141 Å². The predicted octanol–water partition coefficient (Wildman–Crippen LogP) is 1.96. The number of nitrogens with one attached hydrogen (secondary N) is 1. The summed E-state index contributed by atoms with van der Waals surface area (Å²) in [5.74, 6) is 0.773. The minimum absolute atomic E-state index is 0. The highest BCUT2D eigenvalue weighted by atomic mass is 35.5. The topological polar surface area (TPSA) is 44.7 Å². The smallest absolute Gasteiger partial charge is 0.248 e. The van der Waals surface area contributed by atoms with Crippen LogP contribution in [0.3, 0.4) is 0 Å². The molecule has 3 rings (SSSR count). The molecule has 0 aromatic heterocycles. The third kappa shape index (κ3) is 2.93. The summed E-state index contributed by atoms with van der Waals surface area (Å²) in [6, 6.07) is 0. The molecule has 2 aliphatic heterocycles. The Hall–Kier alpha value is -1.30. The highest BCUT2D eigenvalue weighted by Gasteiger charge is 2.45. The van der Waals surface area contributed by atoms with Gasteiger partial charge in [0.1, 0.15) is 4.75 Å². The lowest BCUT2D eigenvalue weighted by molar-refractivity contribution is -0.117. The van der Waals surface area contributed by atoms with E-state index < -0.39 is 0 Å². The Balaban J connectivity index is 0.00000176. The molecule has 4 nitrogen and oxygen atoms in total. The highest BCUT2D eigenvalue weighted by Crippen LogP contribution is 2.48. The number of allylic oxidation sites excluding steroid dienone is 4. The number of carbonyl (C=O) groups excluding carboxylic acids is 1. The van der Waals surface area contributed by atoms with Crippen LogP contribution >= 0.6 is 24.2 Å². The molecule has 0 radical (unpaired) electrons. The lowest BCUT2D eigenvalue weighted by Crippen LogP contribution is -2.36. The normalized spacial score (nSPS) is 24.8. The van der Waals surface area contributed by atoms with Gasteiger partial charge in [-0.25, -0.2) is 0 Å². The second-order valence-electron chi connectivity index (χ2n) is 5.52. The molecule has 3 aliphatic rings. The quantitative estimate of drug-likeness (QED) is 0.853. The molecule has 0 bridgehead atoms. The number of halogens is 1. The van der Waals surface area contributed by atoms with Gasteiger partial charge in [0.15, 0.2) is 0 Å². The van der Waals surface area contributed by atoms with Crippen LogP contribution in [-0.2, 0) is 4.79 Å². The second kappa shape index (κ2) is 6.86. The van der Waals surface area contributed by atoms with Gasteiger partial charge in [0.2, 0.25) is 5.91 Å². The molecule has 0 aromatic rings. The van der Waals surface area contributed by atoms with Crippen molar-refractivity contribution in [1.82, 2.24) is 10.2 Å². The van der Waals surface area contributed by atoms with E-state index in [0.29, 0.717) is 6.54 Å². The average Bonchev–Trinajstić information content (AvgIpc) is 2.84. The molecule has 1 unspecified atom stereocenters. The summed E-state index contributed by atoms with van der Waals surface area (Å²) in [4.78, 5) is 19.0. The van der Waals surface area contributed by atoms with E-state index >= 15 is 0 Å². The van der Waals surface area contributed by atoms with Crippen molar-refractivity contribution in [2.45, 2.75) is 4.75 Å². The van der Waals surface area contributed by atoms with E-state index in [4.69, 9.17) is 0 Å². The summed E-state index contributed by atoms with van der Waals surface area (Å²) >= 11 is 1.77. The summed E-state index contributed by atoms with van der Waals surface area (Å²) in [5.41, 5.74) is 2.98. The molecule has 1 atom stereocenters. The van der Waals surface area contributed by atoms with Crippen molar-refractivity contribution in [2.24, 2.45) is 4.99 Å². The predicted molar refractivity (Wildman–Crippen MR) is 95.9 cm³/mol. The first-order chi connectivity index (χ1) is 10.1. The van der Waals surface area contributed by atoms with Gasteiger partial charge in [-0.1, -0.05) is 18.2 Å². The van der Waals surface area contributed by atoms with Crippen molar-refractivity contribution in [3.8, 4) is 0 Å². The Morgan fingerprint density at radius 3 is 3.00 bits per heavy atom. The minimum atomic E-state index is -0.252. The number of aliphatic imine (C=N–C) groups is 1. The van der Waals surface area contributed by atoms with Crippen LogP contribution in [0, 0.1) is 0 Å². The van der Waals surface area contributed by atoms with Gasteiger partial charge in [0.05, 0.1) is 5.71 Å². The van der Waals surface area contributed by atoms with Gasteiger partial charge >= 0.3 is 0 Å². The number of nitrogens with zero attached hydrogens (tertiary/aromatic N) is 2. The molecule has 0 aromatic carbocycles. The maximum Gasteiger partial charge on any atom is 0.248 e. The van der Waals surface area contributed by atoms with Crippen molar-refractivity contribution in [3.05, 3.63) is 47.7 Å². The van der Waals surface area contributed by atoms with Gasteiger partial charge in [0, 0.05) is 30.6 Å². The van der Waals surface area contributed by atoms with E-state index in [1.807, 2.05) is 38.4 Å². The summed E-state index contributed by atoms with van der Waals surface area (Å²) in [6.45, 7) is 1.51. The Morgan fingerprint density at radius 2 is 2.23 bits per heavy atom. The molecule has 0 saturated carbocycles. The first-order valence-corrected chi connectivity index (χ1v) is 8.03. The Morgan fingerprint density at radius 1 is 1.41 bits per heavy atom. The number of likely N-dealkylation sites (N-methyl/N-ethyl adjacent to an activating group) is 1. The van der Waals surface area contributed by atoms with Crippen molar-refractivity contribution < 1.29 is 4.79 Å². The zero-order valence-electron chi connectivity index (χ0n) is 12.7. The molecular weight excluding hydrogens is 318 g/mol.